The van der Waals surface area contributed by atoms with Crippen molar-refractivity contribution in [1.82, 2.24) is 20.4 Å². The Bertz CT molecular complexity index is 2150. The number of benzene rings is 1. The topological polar surface area (TPSA) is 429 Å². The van der Waals surface area contributed by atoms with E-state index in [1.54, 1.807) is 18.8 Å². The number of carbonyl (C=O) groups excluding carboxylic acids is 3. The molecule has 0 saturated heterocycles. The van der Waals surface area contributed by atoms with Crippen molar-refractivity contribution in [3.05, 3.63) is 92.0 Å². The molecule has 14 N–H and O–H groups in total. The molecule has 27 heteroatoms. The van der Waals surface area contributed by atoms with E-state index in [9.17, 15) is 55.1 Å². The van der Waals surface area contributed by atoms with Gasteiger partial charge < -0.3 is 76.4 Å². The number of likely N-dealkylation sites (N-methyl/N-ethyl adjacent to an activating group) is 1. The van der Waals surface area contributed by atoms with Crippen LogP contribution >= 0.6 is 11.8 Å². The van der Waals surface area contributed by atoms with Crippen LogP contribution in [0.2, 0.25) is 0 Å². The number of carbonyl (C=O) groups is 3. The number of hydrogen-bond acceptors (Lipinski definition) is 21. The van der Waals surface area contributed by atoms with Crippen molar-refractivity contribution in [3.63, 3.8) is 0 Å². The summed E-state index contributed by atoms with van der Waals surface area (Å²) in [6.45, 7) is 2.70. The molecule has 62 heavy (non-hydrogen) atoms. The summed E-state index contributed by atoms with van der Waals surface area (Å²) in [5.74, 6) is -5.72. The number of phenolic OH excluding ortho intramolecular Hbond substituents is 1. The third-order valence-electron chi connectivity index (χ3n) is 9.53. The average Bonchev–Trinajstić information content (AvgIpc) is 3.54. The number of aromatic hydroxyl groups is 1. The van der Waals surface area contributed by atoms with Gasteiger partial charge in [-0.15, -0.1) is 0 Å². The van der Waals surface area contributed by atoms with Gasteiger partial charge in [0.05, 0.1) is 57.9 Å². The van der Waals surface area contributed by atoms with Crippen molar-refractivity contribution in [1.29, 1.82) is 0 Å². The van der Waals surface area contributed by atoms with E-state index in [1.165, 1.54) is 44.1 Å². The van der Waals surface area contributed by atoms with Crippen molar-refractivity contribution in [2.75, 3.05) is 47.5 Å². The second-order valence-electron chi connectivity index (χ2n) is 14.1. The summed E-state index contributed by atoms with van der Waals surface area (Å²) in [7, 11) is 3.28. The summed E-state index contributed by atoms with van der Waals surface area (Å²) in [5, 5.41) is 82.4. The minimum Gasteiger partial charge on any atom is -0.759 e. The van der Waals surface area contributed by atoms with Crippen LogP contribution in [-0.2, 0) is 62.2 Å². The summed E-state index contributed by atoms with van der Waals surface area (Å²) in [6, 6.07) is 6.49. The van der Waals surface area contributed by atoms with Crippen LogP contribution in [0, 0.1) is 22.0 Å². The molecule has 3 aliphatic carbocycles. The van der Waals surface area contributed by atoms with Crippen LogP contribution < -0.4 is 16.4 Å². The van der Waals surface area contributed by atoms with Crippen molar-refractivity contribution in [2.45, 2.75) is 42.6 Å². The van der Waals surface area contributed by atoms with Gasteiger partial charge in [0, 0.05) is 29.7 Å². The van der Waals surface area contributed by atoms with Gasteiger partial charge in [-0.1, -0.05) is 12.1 Å². The van der Waals surface area contributed by atoms with Crippen LogP contribution in [0.1, 0.15) is 29.6 Å². The molecule has 1 fully saturated rings. The Morgan fingerprint density at radius 2 is 1.63 bits per heavy atom. The number of nitrogens with two attached hydrogens (primary N) is 1. The molecular formula is C35H50N6O18S2Zn. The zero-order valence-corrected chi connectivity index (χ0v) is 38.9. The van der Waals surface area contributed by atoms with Gasteiger partial charge >= 0.3 is 19.5 Å². The summed E-state index contributed by atoms with van der Waals surface area (Å²) in [4.78, 5) is 51.9. The first-order valence-corrected chi connectivity index (χ1v) is 19.8. The molecule has 5 rings (SSSR count). The fraction of sp³-hybridized carbons (Fsp3) is 0.457. The van der Waals surface area contributed by atoms with Crippen molar-refractivity contribution in [2.24, 2.45) is 17.6 Å². The Morgan fingerprint density at radius 1 is 1.06 bits per heavy atom. The van der Waals surface area contributed by atoms with E-state index in [4.69, 9.17) is 27.7 Å². The number of primary amides is 1. The number of thioether (sulfide) groups is 1. The van der Waals surface area contributed by atoms with E-state index in [1.807, 2.05) is 26.2 Å². The molecule has 0 aliphatic heterocycles. The van der Waals surface area contributed by atoms with Crippen LogP contribution in [0.3, 0.4) is 0 Å². The molecular weight excluding hydrogens is 922 g/mol. The number of fused-ring (bicyclic) bond motifs is 3. The maximum Gasteiger partial charge on any atom is 2.00 e. The van der Waals surface area contributed by atoms with E-state index < -0.39 is 96.4 Å². The Balaban J connectivity index is 0.00000111. The smallest absolute Gasteiger partial charge is 0.759 e. The molecule has 0 spiro atoms. The van der Waals surface area contributed by atoms with Gasteiger partial charge in [0.2, 0.25) is 5.78 Å². The summed E-state index contributed by atoms with van der Waals surface area (Å²) in [5.41, 5.74) is -1.78. The molecule has 0 bridgehead atoms. The molecule has 1 amide bonds. The molecule has 0 radical (unpaired) electrons. The van der Waals surface area contributed by atoms with Gasteiger partial charge in [-0.2, -0.15) is 11.8 Å². The first-order valence-electron chi connectivity index (χ1n) is 17.3. The second-order valence-corrected chi connectivity index (χ2v) is 16.1. The molecule has 1 heterocycles. The van der Waals surface area contributed by atoms with E-state index in [0.29, 0.717) is 12.4 Å². The van der Waals surface area contributed by atoms with Crippen LogP contribution in [0.5, 0.6) is 5.75 Å². The first-order chi connectivity index (χ1) is 27.2. The van der Waals surface area contributed by atoms with Gasteiger partial charge in [-0.25, -0.2) is 0 Å². The predicted molar refractivity (Wildman–Crippen MR) is 214 cm³/mol. The molecule has 1 aromatic heterocycles. The minimum atomic E-state index is -5.17. The third-order valence-corrected chi connectivity index (χ3v) is 10.5. The van der Waals surface area contributed by atoms with Gasteiger partial charge in [-0.3, -0.25) is 37.8 Å². The number of phenols is 1. The Kier molecular flexibility index (Phi) is 21.1. The number of Topliss-reactive ketones (excluding diaryl/α,β-unsaturated/α-hetero) is 2. The zero-order chi connectivity index (χ0) is 44.9. The van der Waals surface area contributed by atoms with Crippen LogP contribution in [0.4, 0.5) is 0 Å². The Labute approximate surface area is 372 Å². The monoisotopic (exact) mass is 970 g/mol. The van der Waals surface area contributed by atoms with Gasteiger partial charge in [0.1, 0.15) is 34.4 Å². The summed E-state index contributed by atoms with van der Waals surface area (Å²) >= 11 is 1.72. The fourth-order valence-electron chi connectivity index (χ4n) is 7.23. The van der Waals surface area contributed by atoms with Gasteiger partial charge in [0.15, 0.2) is 17.2 Å². The molecule has 2 aromatic rings. The normalized spacial score (nSPS) is 24.0. The van der Waals surface area contributed by atoms with E-state index >= 15 is 0 Å². The van der Waals surface area contributed by atoms with Crippen molar-refractivity contribution in [3.8, 4) is 5.75 Å². The minimum absolute atomic E-state index is 0. The van der Waals surface area contributed by atoms with Crippen molar-refractivity contribution < 1.29 is 102 Å². The number of aliphatic hydroxyl groups is 5. The number of rotatable bonds is 12. The molecule has 3 aliphatic rings. The molecule has 1 saturated carbocycles. The zero-order valence-electron chi connectivity index (χ0n) is 34.3. The number of nitro groups is 1. The van der Waals surface area contributed by atoms with Crippen LogP contribution in [0.15, 0.2) is 63.7 Å². The maximum absolute atomic E-state index is 13.7. The number of aliphatic hydroxyl groups excluding tert-OH is 3. The van der Waals surface area contributed by atoms with E-state index in [-0.39, 0.29) is 41.6 Å². The second kappa shape index (κ2) is 22.7. The van der Waals surface area contributed by atoms with E-state index in [0.717, 1.165) is 35.8 Å². The quantitative estimate of drug-likeness (QED) is 0.0195. The Morgan fingerprint density at radius 3 is 2.13 bits per heavy atom. The number of hydrogen-bond donors (Lipinski definition) is 9. The number of amides is 1. The van der Waals surface area contributed by atoms with Gasteiger partial charge in [-0.05, 0) is 58.9 Å². The SMILES string of the molecule is CN(C)[C@@H]1C(=O)C(C(N)=O)=C(O)[C@@]2(O)C(=O)C3=C(O)c4c(O)cccc4[C@@](C)(O)[C@H]3[C@H](O)[C@@H]12.CN/C(=C/[N+](=O)[O-])NCCSCc1ccc(CN(C)C)o1.O.O.O=S(=O)([O-])[O-].[Zn+2]. The number of nitrogens with zero attached hydrogens (tertiary/aromatic N) is 3. The largest absolute Gasteiger partial charge is 2.00 e. The van der Waals surface area contributed by atoms with Crippen LogP contribution in [-0.4, -0.2) is 157 Å². The average molecular weight is 972 g/mol. The van der Waals surface area contributed by atoms with E-state index in [2.05, 4.69) is 15.5 Å². The van der Waals surface area contributed by atoms with Crippen LogP contribution in [0.25, 0.3) is 5.76 Å². The third kappa shape index (κ3) is 12.6. The Hall–Kier alpha value is -4.51. The first kappa shape index (κ1) is 57.5. The molecule has 6 atom stereocenters. The number of nitrogens with one attached hydrogen (secondary N) is 2. The molecule has 24 nitrogen and oxygen atoms in total. The van der Waals surface area contributed by atoms with Gasteiger partial charge in [0.25, 0.3) is 12.1 Å². The predicted octanol–water partition coefficient (Wildman–Crippen LogP) is -2.93. The maximum atomic E-state index is 13.7. The summed E-state index contributed by atoms with van der Waals surface area (Å²) < 4.78 is 39.8. The number of furan rings is 1. The van der Waals surface area contributed by atoms with Crippen molar-refractivity contribution >= 4 is 45.4 Å². The fourth-order valence-corrected chi connectivity index (χ4v) is 7.98. The molecule has 1 aromatic carbocycles. The number of ketones is 2. The molecule has 0 unspecified atom stereocenters. The summed E-state index contributed by atoms with van der Waals surface area (Å²) in [6.07, 6.45) is -0.951. The standard InChI is InChI=1S/C22H24N2O9.C13H22N4O3S.H2O4S.2H2O.Zn/c1-21(32)7-5-4-6-8(25)9(7)15(26)10-12(21)17(28)13-14(24(2)3)16(27)11(20(23)31)19(30)22(13,33)18(10)29;1-14-13(9-17(18)19)15-6-7-21-10-12-5-4-11(20-12)8-16(2)3;1-5(2,3)4;;;/h4-6,12-14,17,25-26,28,30,32-33H,1-3H3,(H2,23,31);4-5,9,14-15H,6-8,10H2,1-3H3;(H2,1,2,3,4);2*1H2;/q;;;;;+2/p-2/b;13-9-;;;;/t12-,13-,14+,17+,21-,22+;;;;;/m1...../s1. The molecule has 342 valence electrons.